The Bertz CT molecular complexity index is 972. The van der Waals surface area contributed by atoms with E-state index in [0.717, 1.165) is 30.0 Å². The zero-order valence-electron chi connectivity index (χ0n) is 14.2. The molecule has 4 rings (SSSR count). The highest BCUT2D eigenvalue weighted by Crippen LogP contribution is 2.32. The lowest BCUT2D eigenvalue weighted by molar-refractivity contribution is 0.102. The number of amides is 1. The zero-order valence-corrected chi connectivity index (χ0v) is 15.0. The van der Waals surface area contributed by atoms with Crippen molar-refractivity contribution in [3.8, 4) is 0 Å². The van der Waals surface area contributed by atoms with Crippen LogP contribution in [0.1, 0.15) is 21.6 Å². The first-order valence-electron chi connectivity index (χ1n) is 8.38. The number of anilines is 3. The molecule has 2 heterocycles. The van der Waals surface area contributed by atoms with E-state index < -0.39 is 0 Å². The number of nitrogens with zero attached hydrogens (tertiary/aromatic N) is 3. The van der Waals surface area contributed by atoms with Crippen molar-refractivity contribution in [3.63, 3.8) is 0 Å². The van der Waals surface area contributed by atoms with Gasteiger partial charge in [-0.3, -0.25) is 4.79 Å². The van der Waals surface area contributed by atoms with Gasteiger partial charge in [-0.25, -0.2) is 0 Å². The molecule has 0 bridgehead atoms. The quantitative estimate of drug-likeness (QED) is 0.749. The second-order valence-electron chi connectivity index (χ2n) is 6.22. The molecule has 0 saturated carbocycles. The lowest BCUT2D eigenvalue weighted by Crippen LogP contribution is -2.18. The monoisotopic (exact) mass is 364 g/mol. The van der Waals surface area contributed by atoms with Crippen LogP contribution in [0.25, 0.3) is 0 Å². The van der Waals surface area contributed by atoms with Crippen molar-refractivity contribution in [1.29, 1.82) is 0 Å². The molecule has 6 heteroatoms. The highest BCUT2D eigenvalue weighted by Gasteiger charge is 2.21. The van der Waals surface area contributed by atoms with Gasteiger partial charge < -0.3 is 10.2 Å². The molecule has 1 N–H and O–H groups in total. The Labute approximate surface area is 156 Å². The fourth-order valence-electron chi connectivity index (χ4n) is 3.12. The van der Waals surface area contributed by atoms with Crippen molar-refractivity contribution in [2.75, 3.05) is 16.8 Å². The van der Waals surface area contributed by atoms with Gasteiger partial charge in [0.05, 0.1) is 0 Å². The van der Waals surface area contributed by atoms with E-state index in [1.807, 2.05) is 25.1 Å². The Hall–Kier alpha value is -2.92. The molecule has 0 saturated heterocycles. The van der Waals surface area contributed by atoms with Gasteiger partial charge in [0.2, 0.25) is 0 Å². The number of rotatable bonds is 3. The molecule has 0 radical (unpaired) electrons. The molecule has 1 aliphatic rings. The van der Waals surface area contributed by atoms with E-state index in [1.165, 1.54) is 5.56 Å². The van der Waals surface area contributed by atoms with Crippen LogP contribution in [0, 0.1) is 6.92 Å². The average molecular weight is 365 g/mol. The predicted molar refractivity (Wildman–Crippen MR) is 103 cm³/mol. The summed E-state index contributed by atoms with van der Waals surface area (Å²) in [5.41, 5.74) is 4.32. The minimum absolute atomic E-state index is 0.274. The van der Waals surface area contributed by atoms with Crippen LogP contribution in [0.4, 0.5) is 17.2 Å². The summed E-state index contributed by atoms with van der Waals surface area (Å²) >= 11 is 5.95. The fraction of sp³-hybridized carbons (Fsp3) is 0.150. The molecule has 0 spiro atoms. The normalized spacial score (nSPS) is 12.8. The molecule has 1 aliphatic heterocycles. The van der Waals surface area contributed by atoms with Crippen LogP contribution in [0.15, 0.2) is 54.6 Å². The van der Waals surface area contributed by atoms with Gasteiger partial charge in [0.25, 0.3) is 5.91 Å². The van der Waals surface area contributed by atoms with Crippen LogP contribution in [-0.2, 0) is 6.42 Å². The van der Waals surface area contributed by atoms with Gasteiger partial charge in [-0.2, -0.15) is 0 Å². The molecule has 130 valence electrons. The van der Waals surface area contributed by atoms with Crippen LogP contribution in [0.3, 0.4) is 0 Å². The van der Waals surface area contributed by atoms with Gasteiger partial charge in [0.15, 0.2) is 11.5 Å². The molecule has 0 fully saturated rings. The summed E-state index contributed by atoms with van der Waals surface area (Å²) in [6, 6.07) is 17.1. The maximum Gasteiger partial charge on any atom is 0.276 e. The fourth-order valence-corrected chi connectivity index (χ4v) is 3.35. The van der Waals surface area contributed by atoms with E-state index in [-0.39, 0.29) is 11.6 Å². The molecule has 2 aromatic carbocycles. The third-order valence-corrected chi connectivity index (χ3v) is 4.72. The number of hydrogen-bond donors (Lipinski definition) is 1. The lowest BCUT2D eigenvalue weighted by atomic mass is 10.2. The maximum atomic E-state index is 12.4. The van der Waals surface area contributed by atoms with Gasteiger partial charge >= 0.3 is 0 Å². The van der Waals surface area contributed by atoms with Gasteiger partial charge in [0, 0.05) is 22.9 Å². The number of benzene rings is 2. The molecular formula is C20H17ClN4O. The highest BCUT2D eigenvalue weighted by molar-refractivity contribution is 6.30. The van der Waals surface area contributed by atoms with Crippen LogP contribution < -0.4 is 10.2 Å². The van der Waals surface area contributed by atoms with Crippen molar-refractivity contribution in [1.82, 2.24) is 10.2 Å². The van der Waals surface area contributed by atoms with E-state index in [9.17, 15) is 4.79 Å². The van der Waals surface area contributed by atoms with Crippen molar-refractivity contribution in [3.05, 3.63) is 76.4 Å². The SMILES string of the molecule is Cc1cc(Cl)ccc1NC(=O)c1ccc(N2CCc3ccccc32)nn1. The minimum Gasteiger partial charge on any atom is -0.324 e. The van der Waals surface area contributed by atoms with Crippen molar-refractivity contribution >= 4 is 34.7 Å². The third-order valence-electron chi connectivity index (χ3n) is 4.48. The number of fused-ring (bicyclic) bond motifs is 1. The molecule has 3 aromatic rings. The Kier molecular flexibility index (Phi) is 4.31. The number of para-hydroxylation sites is 1. The predicted octanol–water partition coefficient (Wildman–Crippen LogP) is 4.38. The summed E-state index contributed by atoms with van der Waals surface area (Å²) < 4.78 is 0. The first-order valence-corrected chi connectivity index (χ1v) is 8.76. The summed E-state index contributed by atoms with van der Waals surface area (Å²) in [7, 11) is 0. The van der Waals surface area contributed by atoms with Crippen molar-refractivity contribution in [2.45, 2.75) is 13.3 Å². The Balaban J connectivity index is 1.52. The topological polar surface area (TPSA) is 58.1 Å². The first kappa shape index (κ1) is 16.5. The average Bonchev–Trinajstić information content (AvgIpc) is 3.08. The lowest BCUT2D eigenvalue weighted by Gasteiger charge is -2.17. The molecule has 1 amide bonds. The summed E-state index contributed by atoms with van der Waals surface area (Å²) in [6.07, 6.45) is 0.982. The molecule has 26 heavy (non-hydrogen) atoms. The number of aromatic nitrogens is 2. The van der Waals surface area contributed by atoms with E-state index in [0.29, 0.717) is 10.7 Å². The number of carbonyl (C=O) groups is 1. The van der Waals surface area contributed by atoms with Crippen LogP contribution in [-0.4, -0.2) is 22.6 Å². The second kappa shape index (κ2) is 6.77. The number of nitrogens with one attached hydrogen (secondary N) is 1. The number of halogens is 1. The first-order chi connectivity index (χ1) is 12.6. The summed E-state index contributed by atoms with van der Waals surface area (Å²) in [5.74, 6) is 0.450. The minimum atomic E-state index is -0.295. The largest absolute Gasteiger partial charge is 0.324 e. The standard InChI is InChI=1S/C20H17ClN4O/c1-13-12-15(21)6-7-16(13)22-20(26)17-8-9-19(24-23-17)25-11-10-14-4-2-3-5-18(14)25/h2-9,12H,10-11H2,1H3,(H,22,26). The molecule has 0 unspecified atom stereocenters. The third kappa shape index (κ3) is 3.13. The number of aryl methyl sites for hydroxylation is 1. The second-order valence-corrected chi connectivity index (χ2v) is 6.66. The van der Waals surface area contributed by atoms with E-state index in [2.05, 4.69) is 32.5 Å². The van der Waals surface area contributed by atoms with Crippen LogP contribution >= 0.6 is 11.6 Å². The van der Waals surface area contributed by atoms with Crippen LogP contribution in [0.2, 0.25) is 5.02 Å². The molecule has 0 atom stereocenters. The Morgan fingerprint density at radius 2 is 1.96 bits per heavy atom. The van der Waals surface area contributed by atoms with Crippen LogP contribution in [0.5, 0.6) is 0 Å². The molecule has 0 aliphatic carbocycles. The Morgan fingerprint density at radius 1 is 1.12 bits per heavy atom. The van der Waals surface area contributed by atoms with Gasteiger partial charge in [-0.1, -0.05) is 29.8 Å². The van der Waals surface area contributed by atoms with Crippen molar-refractivity contribution in [2.24, 2.45) is 0 Å². The maximum absolute atomic E-state index is 12.4. The zero-order chi connectivity index (χ0) is 18.1. The van der Waals surface area contributed by atoms with Gasteiger partial charge in [-0.15, -0.1) is 10.2 Å². The summed E-state index contributed by atoms with van der Waals surface area (Å²) in [4.78, 5) is 14.5. The van der Waals surface area contributed by atoms with Crippen molar-refractivity contribution < 1.29 is 4.79 Å². The molecule has 1 aromatic heterocycles. The smallest absolute Gasteiger partial charge is 0.276 e. The highest BCUT2D eigenvalue weighted by atomic mass is 35.5. The number of hydrogen-bond acceptors (Lipinski definition) is 4. The summed E-state index contributed by atoms with van der Waals surface area (Å²) in [5, 5.41) is 11.8. The molecule has 5 nitrogen and oxygen atoms in total. The number of carbonyl (C=O) groups excluding carboxylic acids is 1. The Morgan fingerprint density at radius 3 is 2.73 bits per heavy atom. The van der Waals surface area contributed by atoms with Gasteiger partial charge in [0.1, 0.15) is 0 Å². The van der Waals surface area contributed by atoms with Gasteiger partial charge in [-0.05, 0) is 60.9 Å². The summed E-state index contributed by atoms with van der Waals surface area (Å²) in [6.45, 7) is 2.75. The molecular weight excluding hydrogens is 348 g/mol. The van der Waals surface area contributed by atoms with E-state index in [1.54, 1.807) is 24.3 Å². The van der Waals surface area contributed by atoms with E-state index >= 15 is 0 Å². The van der Waals surface area contributed by atoms with E-state index in [4.69, 9.17) is 11.6 Å².